The maximum atomic E-state index is 4.71. The summed E-state index contributed by atoms with van der Waals surface area (Å²) in [5.41, 5.74) is 7.76. The van der Waals surface area contributed by atoms with Crippen molar-refractivity contribution in [2.45, 2.75) is 0 Å². The Morgan fingerprint density at radius 1 is 0.429 bits per heavy atom. The standard InChI is InChI=1S/C38H24N4/c1-2-12-28-25(10-1)11-9-17-29(28)34-24-41-37(39-40-38(41)33-16-4-3-13-30(33)34)26-20-22-27(23-21-26)42-35-18-7-5-14-31(35)32-15-6-8-19-36(32)42/h1-24H. The van der Waals surface area contributed by atoms with Crippen LogP contribution in [0, 0.1) is 0 Å². The lowest BCUT2D eigenvalue weighted by Gasteiger charge is -2.13. The highest BCUT2D eigenvalue weighted by Crippen LogP contribution is 2.37. The second-order valence-corrected chi connectivity index (χ2v) is 10.7. The van der Waals surface area contributed by atoms with E-state index in [1.165, 1.54) is 43.5 Å². The van der Waals surface area contributed by atoms with E-state index in [1.54, 1.807) is 0 Å². The molecule has 0 saturated heterocycles. The largest absolute Gasteiger partial charge is 0.309 e. The van der Waals surface area contributed by atoms with Crippen molar-refractivity contribution in [1.82, 2.24) is 19.2 Å². The molecule has 0 atom stereocenters. The van der Waals surface area contributed by atoms with Gasteiger partial charge in [-0.05, 0) is 58.1 Å². The highest BCUT2D eigenvalue weighted by molar-refractivity contribution is 6.10. The summed E-state index contributed by atoms with van der Waals surface area (Å²) in [4.78, 5) is 0. The van der Waals surface area contributed by atoms with E-state index in [9.17, 15) is 0 Å². The van der Waals surface area contributed by atoms with Crippen LogP contribution >= 0.6 is 0 Å². The van der Waals surface area contributed by atoms with E-state index in [-0.39, 0.29) is 0 Å². The molecule has 0 aliphatic carbocycles. The highest BCUT2D eigenvalue weighted by Gasteiger charge is 2.17. The van der Waals surface area contributed by atoms with E-state index in [1.807, 2.05) is 0 Å². The van der Waals surface area contributed by atoms with Crippen LogP contribution in [0.15, 0.2) is 146 Å². The van der Waals surface area contributed by atoms with Crippen molar-refractivity contribution in [1.29, 1.82) is 0 Å². The number of hydrogen-bond donors (Lipinski definition) is 0. The molecule has 0 fully saturated rings. The van der Waals surface area contributed by atoms with Crippen LogP contribution in [-0.2, 0) is 0 Å². The molecule has 0 aliphatic rings. The Labute approximate surface area is 241 Å². The van der Waals surface area contributed by atoms with Gasteiger partial charge in [0.25, 0.3) is 0 Å². The fourth-order valence-electron chi connectivity index (χ4n) is 6.54. The molecule has 0 unspecified atom stereocenters. The molecule has 3 aromatic heterocycles. The summed E-state index contributed by atoms with van der Waals surface area (Å²) in [6.45, 7) is 0. The van der Waals surface area contributed by atoms with Gasteiger partial charge in [-0.3, -0.25) is 4.40 Å². The first-order valence-electron chi connectivity index (χ1n) is 14.2. The molecule has 0 aliphatic heterocycles. The summed E-state index contributed by atoms with van der Waals surface area (Å²) in [6.07, 6.45) is 2.20. The van der Waals surface area contributed by atoms with Crippen molar-refractivity contribution in [3.63, 3.8) is 0 Å². The number of rotatable bonds is 3. The zero-order chi connectivity index (χ0) is 27.6. The first-order valence-corrected chi connectivity index (χ1v) is 14.2. The lowest BCUT2D eigenvalue weighted by molar-refractivity contribution is 1.11. The lowest BCUT2D eigenvalue weighted by atomic mass is 9.95. The average Bonchev–Trinajstić information content (AvgIpc) is 3.64. The zero-order valence-corrected chi connectivity index (χ0v) is 22.6. The van der Waals surface area contributed by atoms with Crippen LogP contribution in [0.25, 0.3) is 77.2 Å². The number of aromatic nitrogens is 4. The summed E-state index contributed by atoms with van der Waals surface area (Å²) in [5.74, 6) is 0.825. The van der Waals surface area contributed by atoms with Crippen molar-refractivity contribution in [2.24, 2.45) is 0 Å². The van der Waals surface area contributed by atoms with Crippen molar-refractivity contribution in [3.8, 4) is 28.2 Å². The molecule has 0 spiro atoms. The van der Waals surface area contributed by atoms with Crippen LogP contribution in [0.3, 0.4) is 0 Å². The Bertz CT molecular complexity index is 2400. The Morgan fingerprint density at radius 2 is 1.02 bits per heavy atom. The van der Waals surface area contributed by atoms with Gasteiger partial charge in [-0.1, -0.05) is 103 Å². The quantitative estimate of drug-likeness (QED) is 0.225. The molecule has 196 valence electrons. The van der Waals surface area contributed by atoms with E-state index in [2.05, 4.69) is 160 Å². The molecule has 0 N–H and O–H groups in total. The summed E-state index contributed by atoms with van der Waals surface area (Å²) >= 11 is 0. The number of hydrogen-bond acceptors (Lipinski definition) is 2. The van der Waals surface area contributed by atoms with Crippen LogP contribution < -0.4 is 0 Å². The summed E-state index contributed by atoms with van der Waals surface area (Å²) in [6, 6.07) is 49.4. The van der Waals surface area contributed by atoms with Crippen molar-refractivity contribution < 1.29 is 0 Å². The van der Waals surface area contributed by atoms with E-state index in [0.29, 0.717) is 0 Å². The lowest BCUT2D eigenvalue weighted by Crippen LogP contribution is -1.96. The van der Waals surface area contributed by atoms with Crippen molar-refractivity contribution in [3.05, 3.63) is 146 Å². The van der Waals surface area contributed by atoms with E-state index >= 15 is 0 Å². The van der Waals surface area contributed by atoms with Crippen LogP contribution in [-0.4, -0.2) is 19.2 Å². The zero-order valence-electron chi connectivity index (χ0n) is 22.6. The fraction of sp³-hybridized carbons (Fsp3) is 0. The van der Waals surface area contributed by atoms with Gasteiger partial charge in [0, 0.05) is 39.2 Å². The van der Waals surface area contributed by atoms with Gasteiger partial charge in [-0.25, -0.2) is 0 Å². The molecule has 0 bridgehead atoms. The first kappa shape index (κ1) is 23.0. The van der Waals surface area contributed by atoms with Crippen molar-refractivity contribution >= 4 is 49.0 Å². The highest BCUT2D eigenvalue weighted by atomic mass is 15.2. The van der Waals surface area contributed by atoms with Crippen LogP contribution in [0.2, 0.25) is 0 Å². The van der Waals surface area contributed by atoms with Gasteiger partial charge in [0.05, 0.1) is 11.0 Å². The van der Waals surface area contributed by atoms with Gasteiger partial charge >= 0.3 is 0 Å². The summed E-state index contributed by atoms with van der Waals surface area (Å²) < 4.78 is 4.48. The second-order valence-electron chi connectivity index (χ2n) is 10.7. The minimum Gasteiger partial charge on any atom is -0.309 e. The molecule has 4 heteroatoms. The Hall–Kier alpha value is -5.74. The number of para-hydroxylation sites is 2. The first-order chi connectivity index (χ1) is 20.8. The molecule has 3 heterocycles. The molecular weight excluding hydrogens is 512 g/mol. The van der Waals surface area contributed by atoms with Crippen LogP contribution in [0.4, 0.5) is 0 Å². The van der Waals surface area contributed by atoms with Crippen LogP contribution in [0.5, 0.6) is 0 Å². The van der Waals surface area contributed by atoms with Crippen molar-refractivity contribution in [2.75, 3.05) is 0 Å². The SMILES string of the molecule is c1ccc2c(-c3cn4c(-c5ccc(-n6c7ccccc7c7ccccc76)cc5)nnc4c4ccccc34)cccc2c1. The topological polar surface area (TPSA) is 35.1 Å². The van der Waals surface area contributed by atoms with E-state index in [4.69, 9.17) is 5.10 Å². The number of fused-ring (bicyclic) bond motifs is 7. The summed E-state index contributed by atoms with van der Waals surface area (Å²) in [5, 5.41) is 16.6. The minimum atomic E-state index is 0.825. The van der Waals surface area contributed by atoms with Crippen LogP contribution in [0.1, 0.15) is 0 Å². The van der Waals surface area contributed by atoms with E-state index in [0.717, 1.165) is 33.7 Å². The number of nitrogens with zero attached hydrogens (tertiary/aromatic N) is 4. The Morgan fingerprint density at radius 3 is 1.76 bits per heavy atom. The maximum Gasteiger partial charge on any atom is 0.169 e. The maximum absolute atomic E-state index is 4.71. The Kier molecular flexibility index (Phi) is 4.87. The van der Waals surface area contributed by atoms with Gasteiger partial charge in [0.2, 0.25) is 0 Å². The third-order valence-corrected chi connectivity index (χ3v) is 8.46. The van der Waals surface area contributed by atoms with Gasteiger partial charge in [-0.15, -0.1) is 10.2 Å². The number of pyridine rings is 1. The van der Waals surface area contributed by atoms with Gasteiger partial charge in [-0.2, -0.15) is 0 Å². The third kappa shape index (κ3) is 3.29. The molecule has 0 radical (unpaired) electrons. The molecular formula is C38H24N4. The molecule has 0 amide bonds. The molecule has 0 saturated carbocycles. The fourth-order valence-corrected chi connectivity index (χ4v) is 6.54. The van der Waals surface area contributed by atoms with E-state index < -0.39 is 0 Å². The Balaban J connectivity index is 1.24. The molecule has 9 aromatic rings. The average molecular weight is 537 g/mol. The second kappa shape index (κ2) is 8.88. The number of benzene rings is 6. The smallest absolute Gasteiger partial charge is 0.169 e. The molecule has 6 aromatic carbocycles. The third-order valence-electron chi connectivity index (χ3n) is 8.46. The monoisotopic (exact) mass is 536 g/mol. The predicted octanol–water partition coefficient (Wildman–Crippen LogP) is 9.47. The molecule has 4 nitrogen and oxygen atoms in total. The summed E-state index contributed by atoms with van der Waals surface area (Å²) in [7, 11) is 0. The van der Waals surface area contributed by atoms with Gasteiger partial charge in [0.15, 0.2) is 11.5 Å². The van der Waals surface area contributed by atoms with Gasteiger partial charge < -0.3 is 4.57 Å². The minimum absolute atomic E-state index is 0.825. The normalized spacial score (nSPS) is 11.8. The predicted molar refractivity (Wildman–Crippen MR) is 173 cm³/mol. The van der Waals surface area contributed by atoms with Gasteiger partial charge in [0.1, 0.15) is 0 Å². The molecule has 9 rings (SSSR count). The molecule has 42 heavy (non-hydrogen) atoms.